The topological polar surface area (TPSA) is 103 Å². The largest absolute Gasteiger partial charge is 0.289 e. The number of nitro groups is 2. The Morgan fingerprint density at radius 2 is 1.12 bits per heavy atom. The molecule has 3 rings (SSSR count). The Bertz CT molecular complexity index is 898. The molecule has 1 fully saturated rings. The smallest absolute Gasteiger partial charge is 0.276 e. The van der Waals surface area contributed by atoms with E-state index in [2.05, 4.69) is 0 Å². The molecule has 0 unspecified atom stereocenters. The second-order valence-electron chi connectivity index (χ2n) is 5.80. The normalized spacial score (nSPS) is 17.0. The van der Waals surface area contributed by atoms with Crippen LogP contribution in [0.4, 0.5) is 11.4 Å². The van der Waals surface area contributed by atoms with Gasteiger partial charge in [0.15, 0.2) is 5.78 Å². The Morgan fingerprint density at radius 1 is 0.731 bits per heavy atom. The van der Waals surface area contributed by atoms with Crippen molar-refractivity contribution >= 4 is 29.3 Å². The van der Waals surface area contributed by atoms with Crippen molar-refractivity contribution in [2.75, 3.05) is 0 Å². The molecule has 0 aromatic heterocycles. The number of carbonyl (C=O) groups is 1. The van der Waals surface area contributed by atoms with Gasteiger partial charge in [0.1, 0.15) is 0 Å². The van der Waals surface area contributed by atoms with E-state index >= 15 is 0 Å². The van der Waals surface area contributed by atoms with Gasteiger partial charge in [0.25, 0.3) is 11.4 Å². The second-order valence-corrected chi connectivity index (χ2v) is 5.80. The molecule has 26 heavy (non-hydrogen) atoms. The molecule has 1 saturated carbocycles. The predicted molar refractivity (Wildman–Crippen MR) is 96.4 cm³/mol. The third-order valence-corrected chi connectivity index (χ3v) is 4.17. The van der Waals surface area contributed by atoms with E-state index in [-0.39, 0.29) is 17.2 Å². The lowest BCUT2D eigenvalue weighted by molar-refractivity contribution is -0.385. The van der Waals surface area contributed by atoms with Crippen LogP contribution in [0, 0.1) is 20.2 Å². The number of hydrogen-bond acceptors (Lipinski definition) is 5. The SMILES string of the molecule is O=C1/C(=C\c2ccccc2[N+](=O)[O-])CC/C1=C/c1ccccc1[N+](=O)[O-]. The molecule has 0 spiro atoms. The number of ketones is 1. The lowest BCUT2D eigenvalue weighted by atomic mass is 10.0. The maximum absolute atomic E-state index is 12.6. The number of rotatable bonds is 4. The van der Waals surface area contributed by atoms with Gasteiger partial charge in [-0.05, 0) is 37.1 Å². The third-order valence-electron chi connectivity index (χ3n) is 4.17. The Balaban J connectivity index is 1.95. The monoisotopic (exact) mass is 350 g/mol. The maximum Gasteiger partial charge on any atom is 0.276 e. The highest BCUT2D eigenvalue weighted by molar-refractivity contribution is 6.15. The Labute approximate surface area is 148 Å². The van der Waals surface area contributed by atoms with Gasteiger partial charge in [-0.1, -0.05) is 24.3 Å². The average molecular weight is 350 g/mol. The highest BCUT2D eigenvalue weighted by atomic mass is 16.6. The van der Waals surface area contributed by atoms with E-state index in [0.29, 0.717) is 35.1 Å². The maximum atomic E-state index is 12.6. The molecule has 0 atom stereocenters. The van der Waals surface area contributed by atoms with Crippen LogP contribution in [0.25, 0.3) is 12.2 Å². The molecule has 0 N–H and O–H groups in total. The second kappa shape index (κ2) is 7.10. The highest BCUT2D eigenvalue weighted by Gasteiger charge is 2.25. The summed E-state index contributed by atoms with van der Waals surface area (Å²) < 4.78 is 0. The van der Waals surface area contributed by atoms with Gasteiger partial charge in [0.05, 0.1) is 21.0 Å². The zero-order valence-electron chi connectivity index (χ0n) is 13.6. The minimum atomic E-state index is -0.490. The molecule has 2 aromatic rings. The first-order valence-electron chi connectivity index (χ1n) is 7.90. The van der Waals surface area contributed by atoms with E-state index in [4.69, 9.17) is 0 Å². The zero-order valence-corrected chi connectivity index (χ0v) is 13.6. The van der Waals surface area contributed by atoms with E-state index in [9.17, 15) is 25.0 Å². The van der Waals surface area contributed by atoms with Gasteiger partial charge in [0, 0.05) is 23.3 Å². The summed E-state index contributed by atoms with van der Waals surface area (Å²) in [4.78, 5) is 33.8. The lowest BCUT2D eigenvalue weighted by Gasteiger charge is -2.00. The van der Waals surface area contributed by atoms with Gasteiger partial charge in [0.2, 0.25) is 0 Å². The van der Waals surface area contributed by atoms with Gasteiger partial charge in [-0.25, -0.2) is 0 Å². The number of hydrogen-bond donors (Lipinski definition) is 0. The lowest BCUT2D eigenvalue weighted by Crippen LogP contribution is -1.98. The number of Topliss-reactive ketones (excluding diaryl/α,β-unsaturated/α-hetero) is 1. The van der Waals surface area contributed by atoms with E-state index in [1.807, 2.05) is 0 Å². The Hall–Kier alpha value is -3.61. The summed E-state index contributed by atoms with van der Waals surface area (Å²) in [5.74, 6) is -0.235. The fourth-order valence-electron chi connectivity index (χ4n) is 2.91. The molecular formula is C19H14N2O5. The first-order valence-corrected chi connectivity index (χ1v) is 7.90. The molecule has 0 saturated heterocycles. The quantitative estimate of drug-likeness (QED) is 0.464. The number of carbonyl (C=O) groups excluding carboxylic acids is 1. The van der Waals surface area contributed by atoms with Crippen LogP contribution < -0.4 is 0 Å². The fourth-order valence-corrected chi connectivity index (χ4v) is 2.91. The molecular weight excluding hydrogens is 336 g/mol. The van der Waals surface area contributed by atoms with Crippen molar-refractivity contribution in [3.8, 4) is 0 Å². The number of benzene rings is 2. The fraction of sp³-hybridized carbons (Fsp3) is 0.105. The first kappa shape index (κ1) is 17.2. The van der Waals surface area contributed by atoms with Crippen LogP contribution in [-0.2, 0) is 4.79 Å². The minimum Gasteiger partial charge on any atom is -0.289 e. The highest BCUT2D eigenvalue weighted by Crippen LogP contribution is 2.32. The molecule has 7 heteroatoms. The molecule has 1 aliphatic rings. The first-order chi connectivity index (χ1) is 12.5. The van der Waals surface area contributed by atoms with Crippen molar-refractivity contribution < 1.29 is 14.6 Å². The van der Waals surface area contributed by atoms with Crippen LogP contribution in [0.2, 0.25) is 0 Å². The number of nitro benzene ring substituents is 2. The summed E-state index contributed by atoms with van der Waals surface area (Å²) in [6, 6.07) is 12.4. The summed E-state index contributed by atoms with van der Waals surface area (Å²) in [6.07, 6.45) is 3.94. The van der Waals surface area contributed by atoms with Gasteiger partial charge < -0.3 is 0 Å². The van der Waals surface area contributed by atoms with Crippen LogP contribution >= 0.6 is 0 Å². The molecule has 2 aromatic carbocycles. The number of nitrogens with zero attached hydrogens (tertiary/aromatic N) is 2. The summed E-state index contributed by atoms with van der Waals surface area (Å²) in [6.45, 7) is 0. The summed E-state index contributed by atoms with van der Waals surface area (Å²) in [5, 5.41) is 22.2. The van der Waals surface area contributed by atoms with Crippen molar-refractivity contribution in [3.63, 3.8) is 0 Å². The summed E-state index contributed by atoms with van der Waals surface area (Å²) in [7, 11) is 0. The molecule has 130 valence electrons. The van der Waals surface area contributed by atoms with Gasteiger partial charge in [-0.3, -0.25) is 25.0 Å². The third kappa shape index (κ3) is 3.41. The van der Waals surface area contributed by atoms with Crippen LogP contribution in [-0.4, -0.2) is 15.6 Å². The van der Waals surface area contributed by atoms with E-state index in [0.717, 1.165) is 0 Å². The van der Waals surface area contributed by atoms with Crippen molar-refractivity contribution in [2.24, 2.45) is 0 Å². The van der Waals surface area contributed by atoms with E-state index in [1.54, 1.807) is 36.4 Å². The molecule has 0 radical (unpaired) electrons. The van der Waals surface area contributed by atoms with Gasteiger partial charge in [-0.15, -0.1) is 0 Å². The summed E-state index contributed by atoms with van der Waals surface area (Å²) >= 11 is 0. The summed E-state index contributed by atoms with van der Waals surface area (Å²) in [5.41, 5.74) is 1.53. The Kier molecular flexibility index (Phi) is 4.70. The van der Waals surface area contributed by atoms with Crippen molar-refractivity contribution in [1.29, 1.82) is 0 Å². The van der Waals surface area contributed by atoms with Crippen LogP contribution in [0.5, 0.6) is 0 Å². The number of para-hydroxylation sites is 2. The molecule has 0 heterocycles. The van der Waals surface area contributed by atoms with Crippen LogP contribution in [0.3, 0.4) is 0 Å². The Morgan fingerprint density at radius 3 is 1.50 bits per heavy atom. The van der Waals surface area contributed by atoms with E-state index in [1.165, 1.54) is 24.3 Å². The van der Waals surface area contributed by atoms with Crippen LogP contribution in [0.1, 0.15) is 24.0 Å². The van der Waals surface area contributed by atoms with E-state index < -0.39 is 9.85 Å². The van der Waals surface area contributed by atoms with Crippen molar-refractivity contribution in [1.82, 2.24) is 0 Å². The number of allylic oxidation sites excluding steroid dienone is 2. The average Bonchev–Trinajstić information content (AvgIpc) is 2.96. The van der Waals surface area contributed by atoms with Crippen molar-refractivity contribution in [2.45, 2.75) is 12.8 Å². The minimum absolute atomic E-state index is 0.0658. The molecule has 0 amide bonds. The molecule has 0 bridgehead atoms. The van der Waals surface area contributed by atoms with Crippen molar-refractivity contribution in [3.05, 3.63) is 91.0 Å². The molecule has 0 aliphatic heterocycles. The van der Waals surface area contributed by atoms with Gasteiger partial charge >= 0.3 is 0 Å². The standard InChI is InChI=1S/C19H14N2O5/c22-19-15(11-13-5-1-3-7-17(13)20(23)24)9-10-16(19)12-14-6-2-4-8-18(14)21(25)26/h1-8,11-12H,9-10H2/b15-11-,16-12-. The predicted octanol–water partition coefficient (Wildman–Crippen LogP) is 4.33. The molecule has 1 aliphatic carbocycles. The van der Waals surface area contributed by atoms with Crippen LogP contribution in [0.15, 0.2) is 59.7 Å². The van der Waals surface area contributed by atoms with Gasteiger partial charge in [-0.2, -0.15) is 0 Å². The molecule has 7 nitrogen and oxygen atoms in total. The zero-order chi connectivity index (χ0) is 18.7.